The molecule has 1 aromatic carbocycles. The minimum Gasteiger partial charge on any atom is -0.504 e. The highest BCUT2D eigenvalue weighted by molar-refractivity contribution is 5.98. The summed E-state index contributed by atoms with van der Waals surface area (Å²) >= 11 is 0. The largest absolute Gasteiger partial charge is 0.504 e. The molecular formula is C11H12O6. The van der Waals surface area contributed by atoms with Gasteiger partial charge in [-0.25, -0.2) is 0 Å². The number of aliphatic hydroxyl groups is 1. The molecule has 1 aliphatic rings. The average molecular weight is 240 g/mol. The second-order valence-electron chi connectivity index (χ2n) is 3.38. The van der Waals surface area contributed by atoms with E-state index < -0.39 is 18.9 Å². The lowest BCUT2D eigenvalue weighted by molar-refractivity contribution is -0.173. The van der Waals surface area contributed by atoms with Crippen molar-refractivity contribution in [1.82, 2.24) is 0 Å². The number of phenolic OH excluding ortho intramolecular Hbond substituents is 1. The molecule has 1 atom stereocenters. The molecule has 0 aromatic heterocycles. The molecule has 0 saturated carbocycles. The molecule has 6 heteroatoms. The number of hydrogen-bond acceptors (Lipinski definition) is 6. The summed E-state index contributed by atoms with van der Waals surface area (Å²) in [4.78, 5) is 11.3. The van der Waals surface area contributed by atoms with Gasteiger partial charge in [-0.2, -0.15) is 0 Å². The molecule has 92 valence electrons. The molecule has 1 aromatic rings. The fraction of sp³-hybridized carbons (Fsp3) is 0.364. The summed E-state index contributed by atoms with van der Waals surface area (Å²) in [6, 6.07) is 2.61. The lowest BCUT2D eigenvalue weighted by atomic mass is 10.1. The van der Waals surface area contributed by atoms with E-state index in [9.17, 15) is 9.90 Å². The third kappa shape index (κ3) is 2.17. The van der Waals surface area contributed by atoms with Crippen LogP contribution in [-0.2, 0) is 4.74 Å². The highest BCUT2D eigenvalue weighted by Crippen LogP contribution is 2.43. The van der Waals surface area contributed by atoms with Crippen molar-refractivity contribution >= 4 is 5.78 Å². The molecule has 0 aliphatic carbocycles. The zero-order chi connectivity index (χ0) is 12.4. The molecule has 17 heavy (non-hydrogen) atoms. The highest BCUT2D eigenvalue weighted by Gasteiger charge is 2.29. The monoisotopic (exact) mass is 240 g/mol. The minimum absolute atomic E-state index is 0.137. The van der Waals surface area contributed by atoms with Gasteiger partial charge in [0.1, 0.15) is 6.61 Å². The zero-order valence-corrected chi connectivity index (χ0v) is 9.17. The maximum absolute atomic E-state index is 11.3. The first kappa shape index (κ1) is 11.7. The molecule has 2 N–H and O–H groups in total. The Hall–Kier alpha value is -1.79. The molecule has 0 amide bonds. The summed E-state index contributed by atoms with van der Waals surface area (Å²) < 4.78 is 15.5. The van der Waals surface area contributed by atoms with E-state index in [2.05, 4.69) is 0 Å². The van der Waals surface area contributed by atoms with Crippen LogP contribution in [0.3, 0.4) is 0 Å². The van der Waals surface area contributed by atoms with Gasteiger partial charge in [-0.15, -0.1) is 0 Å². The van der Waals surface area contributed by atoms with E-state index in [0.29, 0.717) is 6.61 Å². The number of rotatable bonds is 4. The van der Waals surface area contributed by atoms with Gasteiger partial charge >= 0.3 is 6.48 Å². The Morgan fingerprint density at radius 2 is 2.24 bits per heavy atom. The average Bonchev–Trinajstić information content (AvgIpc) is 2.71. The minimum atomic E-state index is -0.916. The first-order chi connectivity index (χ1) is 8.15. The Morgan fingerprint density at radius 3 is 2.88 bits per heavy atom. The molecule has 6 nitrogen and oxygen atoms in total. The van der Waals surface area contributed by atoms with Crippen LogP contribution in [0.2, 0.25) is 0 Å². The quantitative estimate of drug-likeness (QED) is 0.752. The lowest BCUT2D eigenvalue weighted by Crippen LogP contribution is -2.21. The van der Waals surface area contributed by atoms with Crippen molar-refractivity contribution < 1.29 is 29.2 Å². The number of phenols is 1. The standard InChI is InChI=1S/C11H12O6/c1-2-15-11-16-9-4-6(8(14)5-12)3-7(13)10(9)17-11/h3-4,11-13H,2,5H2,1H3. The molecule has 0 fully saturated rings. The summed E-state index contributed by atoms with van der Waals surface area (Å²) in [6.07, 6.45) is 0. The predicted molar refractivity (Wildman–Crippen MR) is 56.2 cm³/mol. The Morgan fingerprint density at radius 1 is 1.47 bits per heavy atom. The van der Waals surface area contributed by atoms with Crippen molar-refractivity contribution in [2.75, 3.05) is 13.2 Å². The third-order valence-electron chi connectivity index (χ3n) is 2.24. The summed E-state index contributed by atoms with van der Waals surface area (Å²) in [7, 11) is 0. The molecule has 1 aliphatic heterocycles. The van der Waals surface area contributed by atoms with E-state index >= 15 is 0 Å². The fourth-order valence-corrected chi connectivity index (χ4v) is 1.47. The first-order valence-electron chi connectivity index (χ1n) is 5.11. The van der Waals surface area contributed by atoms with Crippen LogP contribution in [0.1, 0.15) is 17.3 Å². The van der Waals surface area contributed by atoms with Crippen molar-refractivity contribution in [1.29, 1.82) is 0 Å². The maximum Gasteiger partial charge on any atom is 0.361 e. The molecule has 0 bridgehead atoms. The van der Waals surface area contributed by atoms with Crippen molar-refractivity contribution in [2.24, 2.45) is 0 Å². The van der Waals surface area contributed by atoms with Crippen LogP contribution in [0.15, 0.2) is 12.1 Å². The third-order valence-corrected chi connectivity index (χ3v) is 2.24. The number of fused-ring (bicyclic) bond motifs is 1. The van der Waals surface area contributed by atoms with Gasteiger partial charge in [0.25, 0.3) is 0 Å². The maximum atomic E-state index is 11.3. The SMILES string of the molecule is CCOC1Oc2cc(C(=O)CO)cc(O)c2O1. The van der Waals surface area contributed by atoms with Crippen LogP contribution in [0.25, 0.3) is 0 Å². The van der Waals surface area contributed by atoms with Crippen molar-refractivity contribution in [2.45, 2.75) is 13.4 Å². The van der Waals surface area contributed by atoms with E-state index in [-0.39, 0.29) is 22.8 Å². The smallest absolute Gasteiger partial charge is 0.361 e. The highest BCUT2D eigenvalue weighted by atomic mass is 16.9. The Balaban J connectivity index is 2.29. The Bertz CT molecular complexity index is 442. The van der Waals surface area contributed by atoms with Crippen LogP contribution in [0.5, 0.6) is 17.2 Å². The van der Waals surface area contributed by atoms with Gasteiger partial charge in [-0.3, -0.25) is 4.79 Å². The molecule has 1 heterocycles. The van der Waals surface area contributed by atoms with Crippen LogP contribution >= 0.6 is 0 Å². The number of ether oxygens (including phenoxy) is 3. The second-order valence-corrected chi connectivity index (χ2v) is 3.38. The summed E-state index contributed by atoms with van der Waals surface area (Å²) in [5.41, 5.74) is 0.157. The normalized spacial score (nSPS) is 17.2. The molecular weight excluding hydrogens is 228 g/mol. The van der Waals surface area contributed by atoms with Gasteiger partial charge in [0, 0.05) is 5.56 Å². The van der Waals surface area contributed by atoms with Gasteiger partial charge in [0.05, 0.1) is 6.61 Å². The number of ketones is 1. The van der Waals surface area contributed by atoms with Crippen LogP contribution in [0.4, 0.5) is 0 Å². The lowest BCUT2D eigenvalue weighted by Gasteiger charge is -2.08. The topological polar surface area (TPSA) is 85.2 Å². The number of carbonyl (C=O) groups excluding carboxylic acids is 1. The van der Waals surface area contributed by atoms with Crippen molar-refractivity contribution in [3.8, 4) is 17.2 Å². The number of aliphatic hydroxyl groups excluding tert-OH is 1. The zero-order valence-electron chi connectivity index (χ0n) is 9.17. The predicted octanol–water partition coefficient (Wildman–Crippen LogP) is 0.658. The van der Waals surface area contributed by atoms with E-state index in [1.165, 1.54) is 12.1 Å². The van der Waals surface area contributed by atoms with Gasteiger partial charge < -0.3 is 24.4 Å². The van der Waals surface area contributed by atoms with Crippen LogP contribution in [0, 0.1) is 0 Å². The van der Waals surface area contributed by atoms with Crippen LogP contribution < -0.4 is 9.47 Å². The number of Topliss-reactive ketones (excluding diaryl/α,β-unsaturated/α-hetero) is 1. The van der Waals surface area contributed by atoms with Gasteiger partial charge in [0.15, 0.2) is 17.3 Å². The Kier molecular flexibility index (Phi) is 3.16. The summed E-state index contributed by atoms with van der Waals surface area (Å²) in [5, 5.41) is 18.4. The number of benzene rings is 1. The van der Waals surface area contributed by atoms with Gasteiger partial charge in [-0.1, -0.05) is 0 Å². The fourth-order valence-electron chi connectivity index (χ4n) is 1.47. The Labute approximate surface area is 97.3 Å². The second kappa shape index (κ2) is 4.60. The summed E-state index contributed by atoms with van der Waals surface area (Å²) in [6.45, 7) is 0.618. The molecule has 1 unspecified atom stereocenters. The number of carbonyl (C=O) groups is 1. The van der Waals surface area contributed by atoms with Gasteiger partial charge in [0.2, 0.25) is 5.75 Å². The van der Waals surface area contributed by atoms with Gasteiger partial charge in [-0.05, 0) is 19.1 Å². The van der Waals surface area contributed by atoms with E-state index in [1.807, 2.05) is 0 Å². The van der Waals surface area contributed by atoms with Crippen molar-refractivity contribution in [3.63, 3.8) is 0 Å². The first-order valence-corrected chi connectivity index (χ1v) is 5.11. The molecule has 0 spiro atoms. The van der Waals surface area contributed by atoms with Crippen molar-refractivity contribution in [3.05, 3.63) is 17.7 Å². The van der Waals surface area contributed by atoms with E-state index in [0.717, 1.165) is 0 Å². The van der Waals surface area contributed by atoms with Crippen LogP contribution in [-0.4, -0.2) is 35.7 Å². The molecule has 2 rings (SSSR count). The van der Waals surface area contributed by atoms with E-state index in [4.69, 9.17) is 19.3 Å². The number of aromatic hydroxyl groups is 1. The van der Waals surface area contributed by atoms with E-state index in [1.54, 1.807) is 6.92 Å². The molecule has 0 saturated heterocycles. The number of hydrogen-bond donors (Lipinski definition) is 2. The summed E-state index contributed by atoms with van der Waals surface area (Å²) in [5.74, 6) is -0.369. The molecule has 0 radical (unpaired) electrons.